The van der Waals surface area contributed by atoms with Gasteiger partial charge >= 0.3 is 0 Å². The van der Waals surface area contributed by atoms with Crippen LogP contribution < -0.4 is 15.5 Å². The van der Waals surface area contributed by atoms with E-state index < -0.39 is 5.91 Å². The topological polar surface area (TPSA) is 104 Å². The van der Waals surface area contributed by atoms with E-state index in [1.54, 1.807) is 31.2 Å². The molecule has 7 nitrogen and oxygen atoms in total. The number of hydrogen-bond acceptors (Lipinski definition) is 5. The lowest BCUT2D eigenvalue weighted by molar-refractivity contribution is -0.123. The smallest absolute Gasteiger partial charge is 0.277 e. The van der Waals surface area contributed by atoms with Crippen molar-refractivity contribution in [2.24, 2.45) is 5.10 Å². The van der Waals surface area contributed by atoms with E-state index in [2.05, 4.69) is 15.8 Å². The Kier molecular flexibility index (Phi) is 7.28. The van der Waals surface area contributed by atoms with Crippen LogP contribution in [0.2, 0.25) is 0 Å². The molecule has 0 bridgehead atoms. The minimum absolute atomic E-state index is 0.0159. The van der Waals surface area contributed by atoms with Crippen LogP contribution in [0.4, 0.5) is 5.69 Å². The highest BCUT2D eigenvalue weighted by Gasteiger charge is 2.09. The summed E-state index contributed by atoms with van der Waals surface area (Å²) in [6.45, 7) is 5.34. The lowest BCUT2D eigenvalue weighted by Gasteiger charge is -2.09. The van der Waals surface area contributed by atoms with Gasteiger partial charge in [0.1, 0.15) is 11.8 Å². The maximum absolute atomic E-state index is 12.1. The second-order valence-electron chi connectivity index (χ2n) is 6.32. The zero-order valence-electron chi connectivity index (χ0n) is 16.1. The Hall–Kier alpha value is -3.66. The highest BCUT2D eigenvalue weighted by Crippen LogP contribution is 2.18. The molecule has 0 aliphatic rings. The van der Waals surface area contributed by atoms with Gasteiger partial charge < -0.3 is 10.1 Å². The molecule has 0 spiro atoms. The Labute approximate surface area is 164 Å². The standard InChI is InChI=1S/C21H22N4O3/c1-14-8-9-19(15(2)10-14)28-13-21(27)25-24-16(3)11-20(26)23-18-7-5-4-6-17(18)12-22/h4-10H,11,13H2,1-3H3,(H,23,26)(H,25,27)/b24-16+. The summed E-state index contributed by atoms with van der Waals surface area (Å²) in [5.74, 6) is -0.115. The van der Waals surface area contributed by atoms with E-state index in [1.165, 1.54) is 0 Å². The molecule has 0 heterocycles. The largest absolute Gasteiger partial charge is 0.483 e. The van der Waals surface area contributed by atoms with E-state index in [-0.39, 0.29) is 18.9 Å². The van der Waals surface area contributed by atoms with Crippen molar-refractivity contribution in [3.63, 3.8) is 0 Å². The van der Waals surface area contributed by atoms with Crippen molar-refractivity contribution in [2.45, 2.75) is 27.2 Å². The number of benzene rings is 2. The molecular weight excluding hydrogens is 356 g/mol. The van der Waals surface area contributed by atoms with Gasteiger partial charge in [-0.05, 0) is 44.5 Å². The maximum atomic E-state index is 12.1. The van der Waals surface area contributed by atoms with Crippen LogP contribution in [0.15, 0.2) is 47.6 Å². The fourth-order valence-corrected chi connectivity index (χ4v) is 2.45. The van der Waals surface area contributed by atoms with Gasteiger partial charge in [0, 0.05) is 5.71 Å². The third-order valence-electron chi connectivity index (χ3n) is 3.80. The lowest BCUT2D eigenvalue weighted by Crippen LogP contribution is -2.26. The summed E-state index contributed by atoms with van der Waals surface area (Å²) < 4.78 is 5.48. The zero-order chi connectivity index (χ0) is 20.5. The van der Waals surface area contributed by atoms with Gasteiger partial charge in [-0.2, -0.15) is 10.4 Å². The SMILES string of the molecule is C/C(CC(=O)Nc1ccccc1C#N)=N\NC(=O)COc1ccc(C)cc1C. The number of rotatable bonds is 7. The number of anilines is 1. The van der Waals surface area contributed by atoms with E-state index in [0.29, 0.717) is 22.7 Å². The van der Waals surface area contributed by atoms with Crippen molar-refractivity contribution in [1.29, 1.82) is 5.26 Å². The second kappa shape index (κ2) is 9.88. The van der Waals surface area contributed by atoms with E-state index in [9.17, 15) is 9.59 Å². The second-order valence-corrected chi connectivity index (χ2v) is 6.32. The zero-order valence-corrected chi connectivity index (χ0v) is 16.1. The number of para-hydroxylation sites is 1. The molecule has 0 saturated heterocycles. The first-order valence-electron chi connectivity index (χ1n) is 8.70. The molecule has 0 aliphatic carbocycles. The third-order valence-corrected chi connectivity index (χ3v) is 3.80. The molecule has 0 aliphatic heterocycles. The molecule has 0 aromatic heterocycles. The Morgan fingerprint density at radius 3 is 2.61 bits per heavy atom. The summed E-state index contributed by atoms with van der Waals surface area (Å²) in [4.78, 5) is 24.0. The molecule has 2 rings (SSSR count). The third kappa shape index (κ3) is 6.25. The molecule has 0 radical (unpaired) electrons. The van der Waals surface area contributed by atoms with Crippen molar-refractivity contribution in [1.82, 2.24) is 5.43 Å². The predicted octanol–water partition coefficient (Wildman–Crippen LogP) is 3.07. The number of amides is 2. The number of ether oxygens (including phenoxy) is 1. The molecule has 28 heavy (non-hydrogen) atoms. The lowest BCUT2D eigenvalue weighted by atomic mass is 10.1. The number of hydrazone groups is 1. The number of nitrogens with one attached hydrogen (secondary N) is 2. The van der Waals surface area contributed by atoms with Gasteiger partial charge in [-0.1, -0.05) is 29.8 Å². The first-order chi connectivity index (χ1) is 13.4. The number of carbonyl (C=O) groups is 2. The Morgan fingerprint density at radius 1 is 1.14 bits per heavy atom. The van der Waals surface area contributed by atoms with Gasteiger partial charge in [0.15, 0.2) is 6.61 Å². The first kappa shape index (κ1) is 20.6. The Balaban J connectivity index is 1.82. The number of carbonyl (C=O) groups excluding carboxylic acids is 2. The van der Waals surface area contributed by atoms with Crippen LogP contribution in [0.1, 0.15) is 30.0 Å². The summed E-state index contributed by atoms with van der Waals surface area (Å²) in [5.41, 5.74) is 5.67. The fraction of sp³-hybridized carbons (Fsp3) is 0.238. The van der Waals surface area contributed by atoms with Crippen molar-refractivity contribution in [3.8, 4) is 11.8 Å². The Bertz CT molecular complexity index is 945. The molecule has 2 aromatic rings. The summed E-state index contributed by atoms with van der Waals surface area (Å²) >= 11 is 0. The maximum Gasteiger partial charge on any atom is 0.277 e. The van der Waals surface area contributed by atoms with Gasteiger partial charge in [-0.15, -0.1) is 0 Å². The number of nitrogens with zero attached hydrogens (tertiary/aromatic N) is 2. The van der Waals surface area contributed by atoms with Crippen LogP contribution in [0.5, 0.6) is 5.75 Å². The van der Waals surface area contributed by atoms with Crippen molar-refractivity contribution < 1.29 is 14.3 Å². The van der Waals surface area contributed by atoms with Crippen LogP contribution in [0.3, 0.4) is 0 Å². The van der Waals surface area contributed by atoms with Crippen LogP contribution in [0, 0.1) is 25.2 Å². The van der Waals surface area contributed by atoms with Crippen molar-refractivity contribution in [2.75, 3.05) is 11.9 Å². The fourth-order valence-electron chi connectivity index (χ4n) is 2.45. The average molecular weight is 378 g/mol. The first-order valence-corrected chi connectivity index (χ1v) is 8.70. The molecule has 0 unspecified atom stereocenters. The highest BCUT2D eigenvalue weighted by molar-refractivity contribution is 6.06. The highest BCUT2D eigenvalue weighted by atomic mass is 16.5. The predicted molar refractivity (Wildman–Crippen MR) is 107 cm³/mol. The van der Waals surface area contributed by atoms with Crippen LogP contribution in [-0.2, 0) is 9.59 Å². The molecule has 0 atom stereocenters. The summed E-state index contributed by atoms with van der Waals surface area (Å²) in [6, 6.07) is 14.4. The average Bonchev–Trinajstić information content (AvgIpc) is 2.66. The summed E-state index contributed by atoms with van der Waals surface area (Å²) in [5, 5.41) is 15.6. The van der Waals surface area contributed by atoms with Gasteiger partial charge in [-0.25, -0.2) is 5.43 Å². The molecule has 2 N–H and O–H groups in total. The Morgan fingerprint density at radius 2 is 1.89 bits per heavy atom. The van der Waals surface area contributed by atoms with E-state index in [4.69, 9.17) is 10.00 Å². The summed E-state index contributed by atoms with van der Waals surface area (Å²) in [6.07, 6.45) is -0.0159. The minimum atomic E-state index is -0.422. The van der Waals surface area contributed by atoms with E-state index in [0.717, 1.165) is 11.1 Å². The molecular formula is C21H22N4O3. The van der Waals surface area contributed by atoms with Crippen molar-refractivity contribution >= 4 is 23.2 Å². The van der Waals surface area contributed by atoms with E-state index in [1.807, 2.05) is 38.1 Å². The molecule has 7 heteroatoms. The summed E-state index contributed by atoms with van der Waals surface area (Å²) in [7, 11) is 0. The van der Waals surface area contributed by atoms with Gasteiger partial charge in [0.05, 0.1) is 17.7 Å². The molecule has 2 amide bonds. The van der Waals surface area contributed by atoms with Crippen LogP contribution in [-0.4, -0.2) is 24.1 Å². The normalized spacial score (nSPS) is 10.7. The number of hydrogen-bond donors (Lipinski definition) is 2. The quantitative estimate of drug-likeness (QED) is 0.571. The molecule has 0 saturated carbocycles. The van der Waals surface area contributed by atoms with Gasteiger partial charge in [0.25, 0.3) is 5.91 Å². The van der Waals surface area contributed by atoms with Crippen LogP contribution >= 0.6 is 0 Å². The molecule has 2 aromatic carbocycles. The van der Waals surface area contributed by atoms with Crippen LogP contribution in [0.25, 0.3) is 0 Å². The number of aryl methyl sites for hydroxylation is 2. The van der Waals surface area contributed by atoms with Crippen molar-refractivity contribution in [3.05, 3.63) is 59.2 Å². The molecule has 0 fully saturated rings. The molecule has 144 valence electrons. The van der Waals surface area contributed by atoms with E-state index >= 15 is 0 Å². The monoisotopic (exact) mass is 378 g/mol. The minimum Gasteiger partial charge on any atom is -0.483 e. The van der Waals surface area contributed by atoms with Gasteiger partial charge in [-0.3, -0.25) is 9.59 Å². The number of nitriles is 1. The van der Waals surface area contributed by atoms with Gasteiger partial charge in [0.2, 0.25) is 5.91 Å².